The zero-order valence-electron chi connectivity index (χ0n) is 12.4. The van der Waals surface area contributed by atoms with Crippen LogP contribution in [0.15, 0.2) is 24.3 Å². The molecule has 1 saturated carbocycles. The number of benzene rings is 1. The Bertz CT molecular complexity index is 421. The first kappa shape index (κ1) is 15.0. The zero-order valence-corrected chi connectivity index (χ0v) is 12.4. The van der Waals surface area contributed by atoms with Crippen LogP contribution in [-0.4, -0.2) is 18.5 Å². The predicted octanol–water partition coefficient (Wildman–Crippen LogP) is 2.89. The number of carbonyl (C=O) groups is 1. The number of carbonyl (C=O) groups excluding carboxylic acids is 1. The second-order valence-corrected chi connectivity index (χ2v) is 5.76. The first-order valence-corrected chi connectivity index (χ1v) is 7.84. The second-order valence-electron chi connectivity index (χ2n) is 5.76. The third-order valence-electron chi connectivity index (χ3n) is 4.41. The van der Waals surface area contributed by atoms with E-state index in [0.29, 0.717) is 12.5 Å². The van der Waals surface area contributed by atoms with Gasteiger partial charge in [0, 0.05) is 18.2 Å². The lowest BCUT2D eigenvalue weighted by atomic mass is 9.84. The Hall–Kier alpha value is -1.35. The smallest absolute Gasteiger partial charge is 0.251 e. The van der Waals surface area contributed by atoms with Crippen molar-refractivity contribution in [2.45, 2.75) is 51.5 Å². The standard InChI is InChI=1S/C17H26N2O/c1-2-13-8-10-15(11-9-13)17(20)19-16(12-18)14-6-4-3-5-7-14/h8-11,14,16H,2-7,12,18H2,1H3,(H,19,20). The molecule has 0 aliphatic heterocycles. The van der Waals surface area contributed by atoms with Crippen molar-refractivity contribution in [3.8, 4) is 0 Å². The van der Waals surface area contributed by atoms with Crippen molar-refractivity contribution in [3.63, 3.8) is 0 Å². The first-order valence-electron chi connectivity index (χ1n) is 7.84. The molecular formula is C17H26N2O. The molecule has 3 heteroatoms. The van der Waals surface area contributed by atoms with Crippen molar-refractivity contribution >= 4 is 5.91 Å². The number of hydrogen-bond donors (Lipinski definition) is 2. The molecule has 3 N–H and O–H groups in total. The van der Waals surface area contributed by atoms with Crippen LogP contribution in [0.1, 0.15) is 54.9 Å². The summed E-state index contributed by atoms with van der Waals surface area (Å²) in [6.45, 7) is 2.64. The van der Waals surface area contributed by atoms with E-state index in [2.05, 4.69) is 12.2 Å². The fourth-order valence-corrected chi connectivity index (χ4v) is 3.05. The molecule has 0 radical (unpaired) electrons. The SMILES string of the molecule is CCc1ccc(C(=O)NC(CN)C2CCCCC2)cc1. The van der Waals surface area contributed by atoms with Gasteiger partial charge in [0.1, 0.15) is 0 Å². The van der Waals surface area contributed by atoms with Gasteiger partial charge in [-0.3, -0.25) is 4.79 Å². The zero-order chi connectivity index (χ0) is 14.4. The molecule has 110 valence electrons. The molecule has 20 heavy (non-hydrogen) atoms. The fourth-order valence-electron chi connectivity index (χ4n) is 3.05. The molecule has 0 aromatic heterocycles. The largest absolute Gasteiger partial charge is 0.348 e. The molecular weight excluding hydrogens is 248 g/mol. The van der Waals surface area contributed by atoms with E-state index >= 15 is 0 Å². The highest BCUT2D eigenvalue weighted by atomic mass is 16.1. The van der Waals surface area contributed by atoms with Crippen LogP contribution in [-0.2, 0) is 6.42 Å². The summed E-state index contributed by atoms with van der Waals surface area (Å²) in [7, 11) is 0. The molecule has 2 rings (SSSR count). The van der Waals surface area contributed by atoms with Crippen LogP contribution in [0, 0.1) is 5.92 Å². The van der Waals surface area contributed by atoms with E-state index in [-0.39, 0.29) is 11.9 Å². The second kappa shape index (κ2) is 7.44. The van der Waals surface area contributed by atoms with E-state index in [4.69, 9.17) is 5.73 Å². The predicted molar refractivity (Wildman–Crippen MR) is 82.7 cm³/mol. The number of amides is 1. The Morgan fingerprint density at radius 2 is 1.90 bits per heavy atom. The Labute approximate surface area is 121 Å². The van der Waals surface area contributed by atoms with Crippen molar-refractivity contribution < 1.29 is 4.79 Å². The van der Waals surface area contributed by atoms with Gasteiger partial charge < -0.3 is 11.1 Å². The van der Waals surface area contributed by atoms with Gasteiger partial charge in [0.2, 0.25) is 0 Å². The monoisotopic (exact) mass is 274 g/mol. The molecule has 1 aliphatic carbocycles. The molecule has 1 aliphatic rings. The molecule has 0 spiro atoms. The molecule has 3 nitrogen and oxygen atoms in total. The number of nitrogens with one attached hydrogen (secondary N) is 1. The Morgan fingerprint density at radius 1 is 1.25 bits per heavy atom. The number of hydrogen-bond acceptors (Lipinski definition) is 2. The van der Waals surface area contributed by atoms with Crippen molar-refractivity contribution in [1.29, 1.82) is 0 Å². The quantitative estimate of drug-likeness (QED) is 0.867. The Kier molecular flexibility index (Phi) is 5.60. The third kappa shape index (κ3) is 3.83. The molecule has 0 saturated heterocycles. The molecule has 1 amide bonds. The highest BCUT2D eigenvalue weighted by molar-refractivity contribution is 5.94. The lowest BCUT2D eigenvalue weighted by molar-refractivity contribution is 0.0915. The fraction of sp³-hybridized carbons (Fsp3) is 0.588. The molecule has 1 aromatic rings. The highest BCUT2D eigenvalue weighted by Crippen LogP contribution is 2.26. The molecule has 0 heterocycles. The minimum atomic E-state index is 0.00803. The van der Waals surface area contributed by atoms with Crippen LogP contribution in [0.3, 0.4) is 0 Å². The van der Waals surface area contributed by atoms with E-state index in [1.54, 1.807) is 0 Å². The van der Waals surface area contributed by atoms with Crippen LogP contribution < -0.4 is 11.1 Å². The minimum absolute atomic E-state index is 0.00803. The highest BCUT2D eigenvalue weighted by Gasteiger charge is 2.24. The summed E-state index contributed by atoms with van der Waals surface area (Å²) in [5, 5.41) is 3.13. The molecule has 0 bridgehead atoms. The van der Waals surface area contributed by atoms with Gasteiger partial charge in [-0.25, -0.2) is 0 Å². The maximum absolute atomic E-state index is 12.3. The normalized spacial score (nSPS) is 17.7. The summed E-state index contributed by atoms with van der Waals surface area (Å²) >= 11 is 0. The minimum Gasteiger partial charge on any atom is -0.348 e. The number of rotatable bonds is 5. The topological polar surface area (TPSA) is 55.1 Å². The van der Waals surface area contributed by atoms with Gasteiger partial charge in [-0.15, -0.1) is 0 Å². The van der Waals surface area contributed by atoms with Gasteiger partial charge in [0.25, 0.3) is 5.91 Å². The lowest BCUT2D eigenvalue weighted by Gasteiger charge is -2.30. The van der Waals surface area contributed by atoms with Gasteiger partial charge in [-0.2, -0.15) is 0 Å². The average Bonchev–Trinajstić information content (AvgIpc) is 2.53. The van der Waals surface area contributed by atoms with E-state index in [9.17, 15) is 4.79 Å². The number of nitrogens with two attached hydrogens (primary N) is 1. The summed E-state index contributed by atoms with van der Waals surface area (Å²) in [6, 6.07) is 7.97. The van der Waals surface area contributed by atoms with E-state index in [0.717, 1.165) is 12.0 Å². The van der Waals surface area contributed by atoms with Gasteiger partial charge in [-0.1, -0.05) is 38.3 Å². The maximum Gasteiger partial charge on any atom is 0.251 e. The Morgan fingerprint density at radius 3 is 2.45 bits per heavy atom. The van der Waals surface area contributed by atoms with Gasteiger partial charge in [0.05, 0.1) is 0 Å². The van der Waals surface area contributed by atoms with Gasteiger partial charge in [-0.05, 0) is 42.9 Å². The van der Waals surface area contributed by atoms with Crippen LogP contribution in [0.5, 0.6) is 0 Å². The van der Waals surface area contributed by atoms with Gasteiger partial charge in [0.15, 0.2) is 0 Å². The van der Waals surface area contributed by atoms with Crippen molar-refractivity contribution in [2.24, 2.45) is 11.7 Å². The van der Waals surface area contributed by atoms with Crippen LogP contribution in [0.4, 0.5) is 0 Å². The van der Waals surface area contributed by atoms with Crippen molar-refractivity contribution in [1.82, 2.24) is 5.32 Å². The van der Waals surface area contributed by atoms with Crippen LogP contribution in [0.25, 0.3) is 0 Å². The van der Waals surface area contributed by atoms with Gasteiger partial charge >= 0.3 is 0 Å². The van der Waals surface area contributed by atoms with Crippen LogP contribution >= 0.6 is 0 Å². The summed E-state index contributed by atoms with van der Waals surface area (Å²) in [6.07, 6.45) is 7.23. The maximum atomic E-state index is 12.3. The van der Waals surface area contributed by atoms with E-state index < -0.39 is 0 Å². The molecule has 1 aromatic carbocycles. The summed E-state index contributed by atoms with van der Waals surface area (Å²) in [4.78, 5) is 12.3. The summed E-state index contributed by atoms with van der Waals surface area (Å²) in [5.74, 6) is 0.557. The van der Waals surface area contributed by atoms with Crippen molar-refractivity contribution in [3.05, 3.63) is 35.4 Å². The van der Waals surface area contributed by atoms with Crippen LogP contribution in [0.2, 0.25) is 0 Å². The van der Waals surface area contributed by atoms with E-state index in [1.807, 2.05) is 24.3 Å². The molecule has 1 fully saturated rings. The molecule has 1 unspecified atom stereocenters. The average molecular weight is 274 g/mol. The lowest BCUT2D eigenvalue weighted by Crippen LogP contribution is -2.45. The summed E-state index contributed by atoms with van der Waals surface area (Å²) in [5.41, 5.74) is 7.85. The summed E-state index contributed by atoms with van der Waals surface area (Å²) < 4.78 is 0. The first-order chi connectivity index (χ1) is 9.74. The van der Waals surface area contributed by atoms with E-state index in [1.165, 1.54) is 37.7 Å². The van der Waals surface area contributed by atoms with Crippen molar-refractivity contribution in [2.75, 3.05) is 6.54 Å². The Balaban J connectivity index is 1.96. The number of aryl methyl sites for hydroxylation is 1. The molecule has 1 atom stereocenters. The third-order valence-corrected chi connectivity index (χ3v) is 4.41.